The van der Waals surface area contributed by atoms with E-state index in [2.05, 4.69) is 81.5 Å². The van der Waals surface area contributed by atoms with Crippen molar-refractivity contribution >= 4 is 17.9 Å². The molecule has 0 amide bonds. The van der Waals surface area contributed by atoms with Crippen molar-refractivity contribution in [2.75, 3.05) is 13.2 Å². The van der Waals surface area contributed by atoms with Crippen molar-refractivity contribution in [3.8, 4) is 0 Å². The normalized spacial score (nSPS) is 12.5. The van der Waals surface area contributed by atoms with E-state index in [0.717, 1.165) is 64.2 Å². The van der Waals surface area contributed by atoms with Gasteiger partial charge in [-0.15, -0.1) is 0 Å². The van der Waals surface area contributed by atoms with Gasteiger partial charge in [0.15, 0.2) is 6.10 Å². The number of carbonyl (C=O) groups excluding carboxylic acids is 3. The minimum atomic E-state index is -0.798. The Labute approximate surface area is 415 Å². The fourth-order valence-electron chi connectivity index (χ4n) is 8.10. The second kappa shape index (κ2) is 55.7. The van der Waals surface area contributed by atoms with Crippen LogP contribution in [0.1, 0.15) is 290 Å². The molecule has 0 bridgehead atoms. The third-order valence-electron chi connectivity index (χ3n) is 12.5. The number of rotatable bonds is 52. The molecule has 1 atom stereocenters. The van der Waals surface area contributed by atoms with Gasteiger partial charge in [-0.1, -0.05) is 229 Å². The van der Waals surface area contributed by atoms with Crippen LogP contribution in [-0.4, -0.2) is 37.2 Å². The Balaban J connectivity index is 4.43. The van der Waals surface area contributed by atoms with E-state index in [1.807, 2.05) is 0 Å². The van der Waals surface area contributed by atoms with Crippen molar-refractivity contribution in [3.63, 3.8) is 0 Å². The fourth-order valence-corrected chi connectivity index (χ4v) is 8.10. The van der Waals surface area contributed by atoms with Crippen molar-refractivity contribution in [1.29, 1.82) is 0 Å². The number of carbonyl (C=O) groups is 3. The second-order valence-electron chi connectivity index (χ2n) is 19.2. The van der Waals surface area contributed by atoms with Gasteiger partial charge >= 0.3 is 17.9 Å². The standard InChI is InChI=1S/C61H108O6/c1-4-7-10-13-16-19-22-25-27-29-30-32-34-37-40-43-46-49-52-55-61(64)67-58(56-65-59(62)53-50-47-44-41-38-35-24-21-18-15-12-9-6-3)57-66-60(63)54-51-48-45-42-39-36-33-31-28-26-23-20-17-14-11-8-5-2/h21,24-28,33,36,42,45,58H,4-20,22-23,29-32,34-35,37-41,43-44,46-57H2,1-3H3/b24-21-,27-25-,28-26-,36-33-,45-42-/t58-/m0/s1. The Morgan fingerprint density at radius 3 is 0.925 bits per heavy atom. The minimum absolute atomic E-state index is 0.0940. The van der Waals surface area contributed by atoms with Gasteiger partial charge in [0.2, 0.25) is 0 Å². The van der Waals surface area contributed by atoms with Gasteiger partial charge < -0.3 is 14.2 Å². The Hall–Kier alpha value is -2.89. The Bertz CT molecular complexity index is 1210. The molecule has 0 rings (SSSR count). The molecule has 67 heavy (non-hydrogen) atoms. The zero-order valence-electron chi connectivity index (χ0n) is 44.4. The van der Waals surface area contributed by atoms with Crippen LogP contribution in [0.25, 0.3) is 0 Å². The summed E-state index contributed by atoms with van der Waals surface area (Å²) in [6, 6.07) is 0. The van der Waals surface area contributed by atoms with Gasteiger partial charge in [-0.2, -0.15) is 0 Å². The lowest BCUT2D eigenvalue weighted by atomic mass is 10.1. The molecule has 388 valence electrons. The van der Waals surface area contributed by atoms with Crippen LogP contribution in [0.15, 0.2) is 60.8 Å². The van der Waals surface area contributed by atoms with Crippen LogP contribution in [0.4, 0.5) is 0 Å². The predicted molar refractivity (Wildman–Crippen MR) is 288 cm³/mol. The van der Waals surface area contributed by atoms with Crippen molar-refractivity contribution in [3.05, 3.63) is 60.8 Å². The van der Waals surface area contributed by atoms with Crippen LogP contribution < -0.4 is 0 Å². The number of unbranched alkanes of at least 4 members (excludes halogenated alkanes) is 31. The van der Waals surface area contributed by atoms with Gasteiger partial charge in [-0.3, -0.25) is 14.4 Å². The molecule has 0 fully saturated rings. The van der Waals surface area contributed by atoms with Crippen molar-refractivity contribution in [1.82, 2.24) is 0 Å². The third-order valence-corrected chi connectivity index (χ3v) is 12.5. The Kier molecular flexibility index (Phi) is 53.3. The molecule has 0 spiro atoms. The lowest BCUT2D eigenvalue weighted by Crippen LogP contribution is -2.30. The van der Waals surface area contributed by atoms with E-state index < -0.39 is 6.10 Å². The number of ether oxygens (including phenoxy) is 3. The molecule has 0 aliphatic heterocycles. The first kappa shape index (κ1) is 64.1. The zero-order valence-corrected chi connectivity index (χ0v) is 44.4. The summed E-state index contributed by atoms with van der Waals surface area (Å²) in [7, 11) is 0. The highest BCUT2D eigenvalue weighted by Crippen LogP contribution is 2.15. The summed E-state index contributed by atoms with van der Waals surface area (Å²) in [5.74, 6) is -0.949. The second-order valence-corrected chi connectivity index (χ2v) is 19.2. The van der Waals surface area contributed by atoms with E-state index in [-0.39, 0.29) is 37.5 Å². The first-order valence-corrected chi connectivity index (χ1v) is 28.8. The van der Waals surface area contributed by atoms with Crippen LogP contribution in [0, 0.1) is 0 Å². The van der Waals surface area contributed by atoms with Gasteiger partial charge in [0, 0.05) is 19.3 Å². The summed E-state index contributed by atoms with van der Waals surface area (Å²) in [6.07, 6.45) is 69.3. The molecule has 0 saturated carbocycles. The smallest absolute Gasteiger partial charge is 0.306 e. The number of esters is 3. The van der Waals surface area contributed by atoms with Crippen molar-refractivity contribution in [2.24, 2.45) is 0 Å². The van der Waals surface area contributed by atoms with Crippen LogP contribution in [0.2, 0.25) is 0 Å². The topological polar surface area (TPSA) is 78.9 Å². The van der Waals surface area contributed by atoms with E-state index >= 15 is 0 Å². The van der Waals surface area contributed by atoms with Crippen molar-refractivity contribution < 1.29 is 28.6 Å². The summed E-state index contributed by atoms with van der Waals surface area (Å²) in [5, 5.41) is 0. The highest BCUT2D eigenvalue weighted by Gasteiger charge is 2.19. The number of hydrogen-bond acceptors (Lipinski definition) is 6. The van der Waals surface area contributed by atoms with Crippen LogP contribution >= 0.6 is 0 Å². The summed E-state index contributed by atoms with van der Waals surface area (Å²) < 4.78 is 16.8. The van der Waals surface area contributed by atoms with E-state index in [4.69, 9.17) is 14.2 Å². The molecule has 0 unspecified atom stereocenters. The van der Waals surface area contributed by atoms with E-state index in [9.17, 15) is 14.4 Å². The molecule has 0 aliphatic rings. The highest BCUT2D eigenvalue weighted by atomic mass is 16.6. The highest BCUT2D eigenvalue weighted by molar-refractivity contribution is 5.71. The van der Waals surface area contributed by atoms with Gasteiger partial charge in [-0.25, -0.2) is 0 Å². The predicted octanol–water partition coefficient (Wildman–Crippen LogP) is 19.2. The molecule has 0 radical (unpaired) electrons. The van der Waals surface area contributed by atoms with Crippen LogP contribution in [-0.2, 0) is 28.6 Å². The summed E-state index contributed by atoms with van der Waals surface area (Å²) in [4.78, 5) is 38.1. The molecule has 0 heterocycles. The molecule has 0 saturated heterocycles. The third kappa shape index (κ3) is 53.9. The maximum atomic E-state index is 12.9. The minimum Gasteiger partial charge on any atom is -0.462 e. The van der Waals surface area contributed by atoms with Crippen LogP contribution in [0.3, 0.4) is 0 Å². The fraction of sp³-hybridized carbons (Fsp3) is 0.787. The van der Waals surface area contributed by atoms with E-state index in [0.29, 0.717) is 19.3 Å². The molecule has 6 heteroatoms. The molecule has 0 aliphatic carbocycles. The summed E-state index contributed by atoms with van der Waals surface area (Å²) in [6.45, 7) is 6.58. The van der Waals surface area contributed by atoms with Crippen molar-refractivity contribution in [2.45, 2.75) is 297 Å². The molecule has 0 N–H and O–H groups in total. The zero-order chi connectivity index (χ0) is 48.6. The molecule has 6 nitrogen and oxygen atoms in total. The molecule has 0 aromatic carbocycles. The van der Waals surface area contributed by atoms with E-state index in [1.54, 1.807) is 0 Å². The lowest BCUT2D eigenvalue weighted by molar-refractivity contribution is -0.167. The van der Waals surface area contributed by atoms with Gasteiger partial charge in [0.25, 0.3) is 0 Å². The Morgan fingerprint density at radius 1 is 0.299 bits per heavy atom. The lowest BCUT2D eigenvalue weighted by Gasteiger charge is -2.18. The first-order chi connectivity index (χ1) is 33.0. The SMILES string of the molecule is CCCCCC/C=C\CCCCCCCC(=O)OC[C@@H](COC(=O)CCC/C=C\C/C=C\C/C=C\CCCCCCCC)OC(=O)CCCCCCCCCCC/C=C\CCCCCCCC. The first-order valence-electron chi connectivity index (χ1n) is 28.8. The number of hydrogen-bond donors (Lipinski definition) is 0. The van der Waals surface area contributed by atoms with Gasteiger partial charge in [-0.05, 0) is 103 Å². The average Bonchev–Trinajstić information content (AvgIpc) is 3.33. The number of allylic oxidation sites excluding steroid dienone is 10. The molecular weight excluding hydrogens is 829 g/mol. The molecular formula is C61H108O6. The Morgan fingerprint density at radius 2 is 0.552 bits per heavy atom. The molecule has 0 aromatic heterocycles. The van der Waals surface area contributed by atoms with Gasteiger partial charge in [0.05, 0.1) is 0 Å². The maximum Gasteiger partial charge on any atom is 0.306 e. The van der Waals surface area contributed by atoms with Crippen LogP contribution in [0.5, 0.6) is 0 Å². The molecule has 0 aromatic rings. The quantitative estimate of drug-likeness (QED) is 0.0262. The maximum absolute atomic E-state index is 12.9. The van der Waals surface area contributed by atoms with Gasteiger partial charge in [0.1, 0.15) is 13.2 Å². The summed E-state index contributed by atoms with van der Waals surface area (Å²) >= 11 is 0. The average molecular weight is 938 g/mol. The summed E-state index contributed by atoms with van der Waals surface area (Å²) in [5.41, 5.74) is 0. The largest absolute Gasteiger partial charge is 0.462 e. The monoisotopic (exact) mass is 937 g/mol. The van der Waals surface area contributed by atoms with E-state index in [1.165, 1.54) is 180 Å².